The molecule has 0 radical (unpaired) electrons. The van der Waals surface area contributed by atoms with E-state index in [0.29, 0.717) is 13.1 Å². The van der Waals surface area contributed by atoms with Crippen LogP contribution in [0.2, 0.25) is 0 Å². The highest BCUT2D eigenvalue weighted by Gasteiger charge is 1.86. The van der Waals surface area contributed by atoms with Crippen LogP contribution < -0.4 is 11.1 Å². The van der Waals surface area contributed by atoms with Crippen molar-refractivity contribution in [3.05, 3.63) is 35.6 Å². The van der Waals surface area contributed by atoms with E-state index < -0.39 is 0 Å². The molecule has 0 unspecified atom stereocenters. The van der Waals surface area contributed by atoms with Gasteiger partial charge in [0.25, 0.3) is 0 Å². The highest BCUT2D eigenvalue weighted by molar-refractivity contribution is 5.72. The van der Waals surface area contributed by atoms with Gasteiger partial charge in [0.1, 0.15) is 5.82 Å². The summed E-state index contributed by atoms with van der Waals surface area (Å²) in [6, 6.07) is 6.50. The van der Waals surface area contributed by atoms with E-state index in [-0.39, 0.29) is 11.7 Å². The molecule has 0 heterocycles. The molecule has 0 spiro atoms. The number of aryl methyl sites for hydroxylation is 1. The zero-order chi connectivity index (χ0) is 15.8. The molecule has 1 aromatic rings. The first-order chi connectivity index (χ1) is 9.47. The van der Waals surface area contributed by atoms with E-state index in [9.17, 15) is 9.18 Å². The van der Waals surface area contributed by atoms with Gasteiger partial charge in [-0.2, -0.15) is 0 Å². The Kier molecular flexibility index (Phi) is 16.3. The van der Waals surface area contributed by atoms with E-state index >= 15 is 0 Å². The number of hydrogen-bond donors (Lipinski definition) is 2. The molecule has 0 fully saturated rings. The summed E-state index contributed by atoms with van der Waals surface area (Å²) in [6.07, 6.45) is 3.50. The van der Waals surface area contributed by atoms with E-state index in [4.69, 9.17) is 5.73 Å². The van der Waals surface area contributed by atoms with E-state index in [1.807, 2.05) is 13.0 Å². The largest absolute Gasteiger partial charge is 0.356 e. The van der Waals surface area contributed by atoms with Crippen LogP contribution in [0.4, 0.5) is 4.39 Å². The molecule has 0 saturated heterocycles. The van der Waals surface area contributed by atoms with Gasteiger partial charge >= 0.3 is 0 Å². The van der Waals surface area contributed by atoms with E-state index in [1.165, 1.54) is 31.9 Å². The normalized spacial score (nSPS) is 8.70. The number of nitrogens with one attached hydrogen (secondary N) is 1. The maximum Gasteiger partial charge on any atom is 0.216 e. The van der Waals surface area contributed by atoms with Crippen LogP contribution in [0.15, 0.2) is 24.3 Å². The zero-order valence-electron chi connectivity index (χ0n) is 13.2. The summed E-state index contributed by atoms with van der Waals surface area (Å²) in [7, 11) is 0. The Morgan fingerprint density at radius 3 is 2.20 bits per heavy atom. The molecule has 0 aliphatic rings. The molecule has 20 heavy (non-hydrogen) atoms. The van der Waals surface area contributed by atoms with Crippen LogP contribution in [-0.2, 0) is 4.79 Å². The van der Waals surface area contributed by atoms with Crippen molar-refractivity contribution < 1.29 is 9.18 Å². The van der Waals surface area contributed by atoms with Crippen LogP contribution in [0.3, 0.4) is 0 Å². The molecule has 4 heteroatoms. The second-order valence-corrected chi connectivity index (χ2v) is 4.42. The van der Waals surface area contributed by atoms with Crippen molar-refractivity contribution in [3.63, 3.8) is 0 Å². The second-order valence-electron chi connectivity index (χ2n) is 4.42. The second kappa shape index (κ2) is 15.6. The van der Waals surface area contributed by atoms with Crippen molar-refractivity contribution in [3.8, 4) is 0 Å². The molecule has 1 aromatic carbocycles. The molecule has 1 rings (SSSR count). The molecule has 0 saturated carbocycles. The Balaban J connectivity index is 0. The smallest absolute Gasteiger partial charge is 0.216 e. The maximum atomic E-state index is 12.2. The number of carbonyl (C=O) groups is 1. The quantitative estimate of drug-likeness (QED) is 0.832. The maximum absolute atomic E-state index is 12.2. The van der Waals surface area contributed by atoms with Crippen molar-refractivity contribution in [2.45, 2.75) is 47.0 Å². The van der Waals surface area contributed by atoms with Gasteiger partial charge in [-0.3, -0.25) is 4.79 Å². The molecule has 0 bridgehead atoms. The zero-order valence-corrected chi connectivity index (χ0v) is 13.2. The van der Waals surface area contributed by atoms with Gasteiger partial charge in [0.05, 0.1) is 0 Å². The molecular weight excluding hydrogens is 255 g/mol. The van der Waals surface area contributed by atoms with Crippen LogP contribution in [0.5, 0.6) is 0 Å². The average Bonchev–Trinajstić information content (AvgIpc) is 2.39. The summed E-state index contributed by atoms with van der Waals surface area (Å²) in [6.45, 7) is 9.06. The standard InChI is InChI=1S/C7H7F.C5H12N2O.C4H10/c1-6-3-2-4-7(8)5-6;1-5(8)7-4-2-3-6;1-3-4-2/h2-5H,1H3;2-4,6H2,1H3,(H,7,8);3-4H2,1-2H3. The van der Waals surface area contributed by atoms with Gasteiger partial charge in [-0.1, -0.05) is 38.8 Å². The third kappa shape index (κ3) is 18.9. The number of nitrogens with two attached hydrogens (primary N) is 1. The highest BCUT2D eigenvalue weighted by atomic mass is 19.1. The molecule has 116 valence electrons. The SMILES string of the molecule is CC(=O)NCCCN.CCCC.Cc1cccc(F)c1. The summed E-state index contributed by atoms with van der Waals surface area (Å²) in [5.74, 6) is -0.150. The lowest BCUT2D eigenvalue weighted by molar-refractivity contribution is -0.118. The fourth-order valence-corrected chi connectivity index (χ4v) is 0.972. The molecule has 0 aliphatic carbocycles. The molecular formula is C16H29FN2O. The lowest BCUT2D eigenvalue weighted by atomic mass is 10.2. The van der Waals surface area contributed by atoms with Crippen molar-refractivity contribution in [1.29, 1.82) is 0 Å². The van der Waals surface area contributed by atoms with Crippen molar-refractivity contribution >= 4 is 5.91 Å². The average molecular weight is 284 g/mol. The Morgan fingerprint density at radius 2 is 1.90 bits per heavy atom. The highest BCUT2D eigenvalue weighted by Crippen LogP contribution is 1.99. The summed E-state index contributed by atoms with van der Waals surface area (Å²) >= 11 is 0. The van der Waals surface area contributed by atoms with E-state index in [0.717, 1.165) is 12.0 Å². The first kappa shape index (κ1) is 20.9. The predicted octanol–water partition coefficient (Wildman–Crippen LogP) is 3.41. The lowest BCUT2D eigenvalue weighted by Gasteiger charge is -1.96. The summed E-state index contributed by atoms with van der Waals surface area (Å²) < 4.78 is 12.2. The van der Waals surface area contributed by atoms with E-state index in [2.05, 4.69) is 19.2 Å². The van der Waals surface area contributed by atoms with Crippen LogP contribution in [0, 0.1) is 12.7 Å². The Morgan fingerprint density at radius 1 is 1.30 bits per heavy atom. The molecule has 3 N–H and O–H groups in total. The van der Waals surface area contributed by atoms with Gasteiger partial charge in [-0.15, -0.1) is 0 Å². The van der Waals surface area contributed by atoms with Crippen LogP contribution in [0.1, 0.15) is 45.6 Å². The molecule has 3 nitrogen and oxygen atoms in total. The monoisotopic (exact) mass is 284 g/mol. The number of rotatable bonds is 4. The molecule has 0 atom stereocenters. The van der Waals surface area contributed by atoms with E-state index in [1.54, 1.807) is 6.07 Å². The number of amides is 1. The Labute approximate surface area is 122 Å². The minimum atomic E-state index is -0.162. The van der Waals surface area contributed by atoms with Crippen molar-refractivity contribution in [2.24, 2.45) is 5.73 Å². The van der Waals surface area contributed by atoms with Gasteiger partial charge in [0.2, 0.25) is 5.91 Å². The third-order valence-corrected chi connectivity index (χ3v) is 2.23. The molecule has 0 aliphatic heterocycles. The Hall–Kier alpha value is -1.42. The van der Waals surface area contributed by atoms with Crippen molar-refractivity contribution in [1.82, 2.24) is 5.32 Å². The lowest BCUT2D eigenvalue weighted by Crippen LogP contribution is -2.22. The van der Waals surface area contributed by atoms with Gasteiger partial charge in [0, 0.05) is 13.5 Å². The minimum Gasteiger partial charge on any atom is -0.356 e. The number of hydrogen-bond acceptors (Lipinski definition) is 2. The number of unbranched alkanes of at least 4 members (excludes halogenated alkanes) is 1. The van der Waals surface area contributed by atoms with Crippen molar-refractivity contribution in [2.75, 3.05) is 13.1 Å². The van der Waals surface area contributed by atoms with Gasteiger partial charge in [-0.05, 0) is 37.6 Å². The summed E-state index contributed by atoms with van der Waals surface area (Å²) in [5, 5.41) is 2.63. The van der Waals surface area contributed by atoms with Gasteiger partial charge < -0.3 is 11.1 Å². The van der Waals surface area contributed by atoms with Crippen LogP contribution >= 0.6 is 0 Å². The van der Waals surface area contributed by atoms with Crippen LogP contribution in [-0.4, -0.2) is 19.0 Å². The first-order valence-corrected chi connectivity index (χ1v) is 7.14. The summed E-state index contributed by atoms with van der Waals surface area (Å²) in [4.78, 5) is 10.2. The summed E-state index contributed by atoms with van der Waals surface area (Å²) in [5.41, 5.74) is 6.13. The Bertz CT molecular complexity index is 324. The molecule has 0 aromatic heterocycles. The first-order valence-electron chi connectivity index (χ1n) is 7.14. The fraction of sp³-hybridized carbons (Fsp3) is 0.562. The fourth-order valence-electron chi connectivity index (χ4n) is 0.972. The predicted molar refractivity (Wildman–Crippen MR) is 84.1 cm³/mol. The van der Waals surface area contributed by atoms with Gasteiger partial charge in [0.15, 0.2) is 0 Å². The molecule has 1 amide bonds. The van der Waals surface area contributed by atoms with Gasteiger partial charge in [-0.25, -0.2) is 4.39 Å². The van der Waals surface area contributed by atoms with Crippen LogP contribution in [0.25, 0.3) is 0 Å². The number of benzene rings is 1. The topological polar surface area (TPSA) is 55.1 Å². The number of halogens is 1. The third-order valence-electron chi connectivity index (χ3n) is 2.23. The number of carbonyl (C=O) groups excluding carboxylic acids is 1. The minimum absolute atomic E-state index is 0.0125.